The molecule has 0 saturated heterocycles. The molecular formula is C20H28FN. The molecule has 22 heavy (non-hydrogen) atoms. The van der Waals surface area contributed by atoms with Crippen LogP contribution in [-0.2, 0) is 6.54 Å². The zero-order valence-corrected chi connectivity index (χ0v) is 13.9. The number of hydrogen-bond acceptors (Lipinski definition) is 1. The van der Waals surface area contributed by atoms with E-state index in [0.29, 0.717) is 17.9 Å². The van der Waals surface area contributed by atoms with Crippen molar-refractivity contribution in [3.05, 3.63) is 35.1 Å². The van der Waals surface area contributed by atoms with Crippen molar-refractivity contribution in [3.63, 3.8) is 0 Å². The van der Waals surface area contributed by atoms with E-state index in [1.54, 1.807) is 6.07 Å². The van der Waals surface area contributed by atoms with Crippen LogP contribution in [0.25, 0.3) is 0 Å². The second-order valence-electron chi connectivity index (χ2n) is 8.58. The number of hydrogen-bond donors (Lipinski definition) is 1. The van der Waals surface area contributed by atoms with E-state index in [1.165, 1.54) is 32.1 Å². The first-order valence-corrected chi connectivity index (χ1v) is 9.04. The fourth-order valence-electron chi connectivity index (χ4n) is 5.72. The number of rotatable bonds is 5. The quantitative estimate of drug-likeness (QED) is 0.818. The first kappa shape index (κ1) is 14.7. The van der Waals surface area contributed by atoms with E-state index in [-0.39, 0.29) is 5.82 Å². The van der Waals surface area contributed by atoms with E-state index in [1.807, 2.05) is 6.07 Å². The van der Waals surface area contributed by atoms with Crippen molar-refractivity contribution in [1.82, 2.24) is 5.32 Å². The monoisotopic (exact) mass is 301 g/mol. The lowest BCUT2D eigenvalue weighted by atomic mass is 9.69. The van der Waals surface area contributed by atoms with Gasteiger partial charge in [-0.05, 0) is 72.8 Å². The van der Waals surface area contributed by atoms with E-state index in [2.05, 4.69) is 25.2 Å². The van der Waals surface area contributed by atoms with Gasteiger partial charge < -0.3 is 5.32 Å². The van der Waals surface area contributed by atoms with Crippen molar-refractivity contribution in [2.24, 2.45) is 23.2 Å². The van der Waals surface area contributed by atoms with Gasteiger partial charge in [0.25, 0.3) is 0 Å². The van der Waals surface area contributed by atoms with E-state index in [0.717, 1.165) is 35.4 Å². The average molecular weight is 301 g/mol. The third-order valence-electron chi connectivity index (χ3n) is 6.61. The first-order chi connectivity index (χ1) is 10.5. The van der Waals surface area contributed by atoms with Gasteiger partial charge >= 0.3 is 0 Å². The highest BCUT2D eigenvalue weighted by atomic mass is 19.1. The molecule has 0 radical (unpaired) electrons. The molecule has 2 heteroatoms. The van der Waals surface area contributed by atoms with Crippen molar-refractivity contribution in [1.29, 1.82) is 0 Å². The fourth-order valence-corrected chi connectivity index (χ4v) is 5.72. The Morgan fingerprint density at radius 3 is 2.50 bits per heavy atom. The minimum absolute atomic E-state index is 0.0491. The molecule has 0 heterocycles. The maximum Gasteiger partial charge on any atom is 0.127 e. The molecule has 4 aliphatic carbocycles. The van der Waals surface area contributed by atoms with Gasteiger partial charge in [0.2, 0.25) is 0 Å². The zero-order chi connectivity index (χ0) is 15.3. The fraction of sp³-hybridized carbons (Fsp3) is 0.700. The summed E-state index contributed by atoms with van der Waals surface area (Å²) in [6.45, 7) is 5.97. The van der Waals surface area contributed by atoms with Gasteiger partial charge in [-0.3, -0.25) is 0 Å². The Kier molecular flexibility index (Phi) is 3.56. The van der Waals surface area contributed by atoms with Crippen molar-refractivity contribution < 1.29 is 4.39 Å². The van der Waals surface area contributed by atoms with E-state index < -0.39 is 0 Å². The molecule has 4 bridgehead atoms. The highest BCUT2D eigenvalue weighted by molar-refractivity contribution is 5.26. The summed E-state index contributed by atoms with van der Waals surface area (Å²) >= 11 is 0. The van der Waals surface area contributed by atoms with Gasteiger partial charge in [-0.1, -0.05) is 26.0 Å². The second-order valence-corrected chi connectivity index (χ2v) is 8.58. The van der Waals surface area contributed by atoms with Gasteiger partial charge in [0.15, 0.2) is 0 Å². The van der Waals surface area contributed by atoms with Crippen LogP contribution in [0.1, 0.15) is 63.0 Å². The standard InChI is InChI=1S/C20H28FN/c1-13(2)15-3-4-16(19(21)7-15)11-22-12-20-8-14-5-17(9-20)18(6-14)10-20/h3-4,7,13-14,17-18,22H,5-6,8-12H2,1-2H3. The molecule has 1 aromatic rings. The molecule has 5 rings (SSSR count). The summed E-state index contributed by atoms with van der Waals surface area (Å²) < 4.78 is 14.2. The van der Waals surface area contributed by atoms with Crippen LogP contribution in [-0.4, -0.2) is 6.54 Å². The minimum atomic E-state index is -0.0491. The molecule has 1 N–H and O–H groups in total. The van der Waals surface area contributed by atoms with Crippen molar-refractivity contribution in [2.75, 3.05) is 6.54 Å². The van der Waals surface area contributed by atoms with Crippen molar-refractivity contribution in [3.8, 4) is 0 Å². The molecule has 4 saturated carbocycles. The summed E-state index contributed by atoms with van der Waals surface area (Å²) in [6.07, 6.45) is 7.27. The molecule has 0 amide bonds. The molecule has 4 fully saturated rings. The maximum absolute atomic E-state index is 14.2. The van der Waals surface area contributed by atoms with Gasteiger partial charge in [0, 0.05) is 18.7 Å². The highest BCUT2D eigenvalue weighted by Crippen LogP contribution is 2.63. The Labute approximate surface area is 133 Å². The van der Waals surface area contributed by atoms with E-state index in [4.69, 9.17) is 0 Å². The normalized spacial score (nSPS) is 35.7. The first-order valence-electron chi connectivity index (χ1n) is 9.04. The molecule has 1 nitrogen and oxygen atoms in total. The van der Waals surface area contributed by atoms with E-state index >= 15 is 0 Å². The summed E-state index contributed by atoms with van der Waals surface area (Å²) in [5.74, 6) is 3.37. The summed E-state index contributed by atoms with van der Waals surface area (Å²) in [6, 6.07) is 5.75. The van der Waals surface area contributed by atoms with Crippen LogP contribution in [0.4, 0.5) is 4.39 Å². The van der Waals surface area contributed by atoms with Crippen LogP contribution in [0.2, 0.25) is 0 Å². The molecule has 0 aromatic heterocycles. The SMILES string of the molecule is CC(C)c1ccc(CNCC23CC4CC(C2)C(C4)C3)c(F)c1. The highest BCUT2D eigenvalue weighted by Gasteiger charge is 2.55. The topological polar surface area (TPSA) is 12.0 Å². The average Bonchev–Trinajstić information content (AvgIpc) is 2.88. The smallest absolute Gasteiger partial charge is 0.127 e. The Balaban J connectivity index is 1.36. The number of nitrogens with one attached hydrogen (secondary N) is 1. The summed E-state index contributed by atoms with van der Waals surface area (Å²) in [7, 11) is 0. The molecular weight excluding hydrogens is 273 g/mol. The van der Waals surface area contributed by atoms with Gasteiger partial charge in [-0.25, -0.2) is 4.39 Å². The largest absolute Gasteiger partial charge is 0.312 e. The molecule has 0 spiro atoms. The van der Waals surface area contributed by atoms with Gasteiger partial charge in [-0.15, -0.1) is 0 Å². The van der Waals surface area contributed by atoms with Gasteiger partial charge in [0.05, 0.1) is 0 Å². The minimum Gasteiger partial charge on any atom is -0.312 e. The Hall–Kier alpha value is -0.890. The molecule has 2 atom stereocenters. The Morgan fingerprint density at radius 2 is 1.91 bits per heavy atom. The van der Waals surface area contributed by atoms with Crippen LogP contribution in [0.3, 0.4) is 0 Å². The molecule has 120 valence electrons. The second kappa shape index (κ2) is 5.33. The van der Waals surface area contributed by atoms with Crippen LogP contribution in [0, 0.1) is 29.0 Å². The lowest BCUT2D eigenvalue weighted by Crippen LogP contribution is -2.37. The van der Waals surface area contributed by atoms with Crippen LogP contribution < -0.4 is 5.32 Å². The lowest BCUT2D eigenvalue weighted by Gasteiger charge is -2.38. The maximum atomic E-state index is 14.2. The molecule has 1 aromatic carbocycles. The molecule has 0 aliphatic heterocycles. The summed E-state index contributed by atoms with van der Waals surface area (Å²) in [4.78, 5) is 0. The van der Waals surface area contributed by atoms with Crippen molar-refractivity contribution in [2.45, 2.75) is 58.4 Å². The van der Waals surface area contributed by atoms with Gasteiger partial charge in [-0.2, -0.15) is 0 Å². The lowest BCUT2D eigenvalue weighted by molar-refractivity contribution is 0.141. The number of halogens is 1. The molecule has 4 aliphatic rings. The van der Waals surface area contributed by atoms with E-state index in [9.17, 15) is 4.39 Å². The van der Waals surface area contributed by atoms with Crippen LogP contribution in [0.5, 0.6) is 0 Å². The van der Waals surface area contributed by atoms with Gasteiger partial charge in [0.1, 0.15) is 5.82 Å². The van der Waals surface area contributed by atoms with Crippen molar-refractivity contribution >= 4 is 0 Å². The predicted molar refractivity (Wildman–Crippen MR) is 88.2 cm³/mol. The molecule has 2 unspecified atom stereocenters. The predicted octanol–water partition coefficient (Wildman–Crippen LogP) is 4.87. The number of benzene rings is 1. The summed E-state index contributed by atoms with van der Waals surface area (Å²) in [5, 5.41) is 3.58. The van der Waals surface area contributed by atoms with Crippen LogP contribution in [0.15, 0.2) is 18.2 Å². The third-order valence-corrected chi connectivity index (χ3v) is 6.61. The Bertz CT molecular complexity index is 545. The summed E-state index contributed by atoms with van der Waals surface area (Å²) in [5.41, 5.74) is 2.45. The zero-order valence-electron chi connectivity index (χ0n) is 13.9. The Morgan fingerprint density at radius 1 is 1.18 bits per heavy atom. The van der Waals surface area contributed by atoms with Crippen LogP contribution >= 0.6 is 0 Å². The third kappa shape index (κ3) is 2.50.